The van der Waals surface area contributed by atoms with E-state index in [2.05, 4.69) is 9.88 Å². The third-order valence-corrected chi connectivity index (χ3v) is 8.90. The zero-order valence-corrected chi connectivity index (χ0v) is 24.3. The number of rotatable bonds is 9. The summed E-state index contributed by atoms with van der Waals surface area (Å²) in [7, 11) is -4.41. The summed E-state index contributed by atoms with van der Waals surface area (Å²) < 4.78 is 28.1. The zero-order chi connectivity index (χ0) is 29.9. The minimum Gasteiger partial charge on any atom is -0.334 e. The van der Waals surface area contributed by atoms with Crippen molar-refractivity contribution in [3.8, 4) is 0 Å². The summed E-state index contributed by atoms with van der Waals surface area (Å²) in [6, 6.07) is 20.1. The highest BCUT2D eigenvalue weighted by Crippen LogP contribution is 2.35. The lowest BCUT2D eigenvalue weighted by Crippen LogP contribution is -2.32. The van der Waals surface area contributed by atoms with Gasteiger partial charge in [-0.1, -0.05) is 54.1 Å². The van der Waals surface area contributed by atoms with Gasteiger partial charge in [0.15, 0.2) is 0 Å². The average molecular weight is 606 g/mol. The Morgan fingerprint density at radius 2 is 1.86 bits per heavy atom. The summed E-state index contributed by atoms with van der Waals surface area (Å²) in [6.07, 6.45) is 4.11. The highest BCUT2D eigenvalue weighted by molar-refractivity contribution is 7.90. The second-order valence-electron chi connectivity index (χ2n) is 10.0. The van der Waals surface area contributed by atoms with E-state index in [1.807, 2.05) is 60.2 Å². The number of sulfonamides is 1. The molecule has 1 saturated heterocycles. The number of amides is 1. The average Bonchev–Trinajstić information content (AvgIpc) is 3.47. The second kappa shape index (κ2) is 12.3. The fourth-order valence-corrected chi connectivity index (χ4v) is 6.24. The van der Waals surface area contributed by atoms with E-state index in [4.69, 9.17) is 16.6 Å². The minimum atomic E-state index is -4.41. The van der Waals surface area contributed by atoms with E-state index >= 15 is 0 Å². The van der Waals surface area contributed by atoms with Crippen LogP contribution >= 0.6 is 11.6 Å². The van der Waals surface area contributed by atoms with Crippen LogP contribution in [-0.2, 0) is 22.9 Å². The van der Waals surface area contributed by atoms with E-state index in [1.54, 1.807) is 0 Å². The topological polar surface area (TPSA) is 135 Å². The molecule has 0 aliphatic carbocycles. The lowest BCUT2D eigenvalue weighted by Gasteiger charge is -2.26. The first-order valence-corrected chi connectivity index (χ1v) is 15.2. The molecule has 0 radical (unpaired) electrons. The van der Waals surface area contributed by atoms with Crippen molar-refractivity contribution in [1.82, 2.24) is 14.7 Å². The van der Waals surface area contributed by atoms with Crippen molar-refractivity contribution in [3.05, 3.63) is 122 Å². The Bertz CT molecular complexity index is 1750. The van der Waals surface area contributed by atoms with E-state index in [1.165, 1.54) is 24.4 Å². The van der Waals surface area contributed by atoms with E-state index in [0.717, 1.165) is 42.1 Å². The molecule has 1 fully saturated rings. The molecule has 10 nitrogen and oxygen atoms in total. The van der Waals surface area contributed by atoms with Gasteiger partial charge < -0.3 is 4.90 Å². The molecule has 216 valence electrons. The molecule has 0 spiro atoms. The summed E-state index contributed by atoms with van der Waals surface area (Å²) >= 11 is 6.09. The predicted octanol–water partition coefficient (Wildman–Crippen LogP) is 5.59. The molecular weight excluding hydrogens is 578 g/mol. The van der Waals surface area contributed by atoms with Crippen molar-refractivity contribution in [1.29, 1.82) is 0 Å². The van der Waals surface area contributed by atoms with Gasteiger partial charge in [-0.15, -0.1) is 0 Å². The van der Waals surface area contributed by atoms with Crippen molar-refractivity contribution in [2.75, 3.05) is 11.4 Å². The Hall–Kier alpha value is -4.35. The molecule has 1 atom stereocenters. The van der Waals surface area contributed by atoms with Crippen LogP contribution in [0.25, 0.3) is 0 Å². The van der Waals surface area contributed by atoms with Crippen molar-refractivity contribution in [3.63, 3.8) is 0 Å². The molecule has 3 aromatic carbocycles. The molecule has 0 bridgehead atoms. The maximum atomic E-state index is 13.4. The second-order valence-corrected chi connectivity index (χ2v) is 12.2. The maximum Gasteiger partial charge on any atom is 0.270 e. The number of nitrogens with one attached hydrogen (secondary N) is 1. The molecule has 12 heteroatoms. The van der Waals surface area contributed by atoms with Gasteiger partial charge in [0.25, 0.3) is 21.6 Å². The Labute approximate surface area is 248 Å². The van der Waals surface area contributed by atoms with Crippen molar-refractivity contribution >= 4 is 39.2 Å². The normalized spacial score (nSPS) is 15.0. The van der Waals surface area contributed by atoms with Crippen LogP contribution in [-0.4, -0.2) is 35.8 Å². The molecule has 2 heterocycles. The Morgan fingerprint density at radius 3 is 2.60 bits per heavy atom. The van der Waals surface area contributed by atoms with Crippen LogP contribution in [0.5, 0.6) is 0 Å². The molecule has 1 aromatic heterocycles. The largest absolute Gasteiger partial charge is 0.334 e. The predicted molar refractivity (Wildman–Crippen MR) is 159 cm³/mol. The molecule has 0 saturated carbocycles. The number of nitro benzene ring substituents is 1. The fourth-order valence-electron chi connectivity index (χ4n) is 5.11. The molecule has 1 aliphatic heterocycles. The van der Waals surface area contributed by atoms with E-state index in [-0.39, 0.29) is 11.6 Å². The fraction of sp³-hybridized carbons (Fsp3) is 0.233. The number of benzene rings is 3. The number of anilines is 1. The van der Waals surface area contributed by atoms with E-state index in [9.17, 15) is 23.3 Å². The summed E-state index contributed by atoms with van der Waals surface area (Å²) in [5.74, 6) is -0.464. The molecule has 1 amide bonds. The van der Waals surface area contributed by atoms with Crippen LogP contribution in [0.3, 0.4) is 0 Å². The van der Waals surface area contributed by atoms with E-state index < -0.39 is 31.4 Å². The summed E-state index contributed by atoms with van der Waals surface area (Å²) in [5, 5.41) is 11.8. The van der Waals surface area contributed by atoms with E-state index in [0.29, 0.717) is 29.5 Å². The van der Waals surface area contributed by atoms with Gasteiger partial charge in [0.05, 0.1) is 27.1 Å². The van der Waals surface area contributed by atoms with Crippen LogP contribution < -0.4 is 9.62 Å². The first-order valence-electron chi connectivity index (χ1n) is 13.4. The molecule has 5 rings (SSSR count). The quantitative estimate of drug-likeness (QED) is 0.193. The monoisotopic (exact) mass is 605 g/mol. The number of aromatic nitrogens is 2. The maximum absolute atomic E-state index is 13.4. The number of hydrogen-bond acceptors (Lipinski definition) is 8. The van der Waals surface area contributed by atoms with Gasteiger partial charge in [0, 0.05) is 29.9 Å². The first kappa shape index (κ1) is 29.2. The Morgan fingerprint density at radius 1 is 1.10 bits per heavy atom. The standard InChI is InChI=1S/C30H28ClN5O5S/c1-20-6-2-3-7-21(20)13-16-27-26(29(37)34-42(40,41)25-9-4-8-24(18-25)36(38)39)19-32-30(33-27)35-17-5-10-28(35)22-11-14-23(31)15-12-22/h2-4,6-9,11-12,14-15,18-19,28H,5,10,13,16-17H2,1H3,(H,34,37)/t28-/m1/s1. The number of carbonyl (C=O) groups is 1. The smallest absolute Gasteiger partial charge is 0.270 e. The molecular formula is C30H28ClN5O5S. The summed E-state index contributed by atoms with van der Waals surface area (Å²) in [4.78, 5) is 34.8. The lowest BCUT2D eigenvalue weighted by molar-refractivity contribution is -0.385. The summed E-state index contributed by atoms with van der Waals surface area (Å²) in [6.45, 7) is 2.72. The Balaban J connectivity index is 1.47. The third-order valence-electron chi connectivity index (χ3n) is 7.32. The highest BCUT2D eigenvalue weighted by atomic mass is 35.5. The minimum absolute atomic E-state index is 0.0172. The van der Waals surface area contributed by atoms with Gasteiger partial charge in [-0.05, 0) is 67.5 Å². The number of hydrogen-bond donors (Lipinski definition) is 1. The highest BCUT2D eigenvalue weighted by Gasteiger charge is 2.30. The number of carbonyl (C=O) groups excluding carboxylic acids is 1. The third kappa shape index (κ3) is 6.42. The van der Waals surface area contributed by atoms with Crippen molar-refractivity contribution in [2.45, 2.75) is 43.5 Å². The van der Waals surface area contributed by atoms with Crippen LogP contribution in [0.4, 0.5) is 11.6 Å². The molecule has 42 heavy (non-hydrogen) atoms. The van der Waals surface area contributed by atoms with Gasteiger partial charge in [0.2, 0.25) is 5.95 Å². The number of nitro groups is 1. The van der Waals surface area contributed by atoms with Crippen LogP contribution in [0.1, 0.15) is 51.6 Å². The summed E-state index contributed by atoms with van der Waals surface area (Å²) in [5.41, 5.74) is 3.26. The van der Waals surface area contributed by atoms with Crippen molar-refractivity contribution in [2.24, 2.45) is 0 Å². The van der Waals surface area contributed by atoms with Crippen LogP contribution in [0, 0.1) is 17.0 Å². The van der Waals surface area contributed by atoms with Crippen molar-refractivity contribution < 1.29 is 18.1 Å². The van der Waals surface area contributed by atoms with Gasteiger partial charge in [0.1, 0.15) is 0 Å². The van der Waals surface area contributed by atoms with Gasteiger partial charge >= 0.3 is 0 Å². The number of halogens is 1. The van der Waals surface area contributed by atoms with Crippen LogP contribution in [0.2, 0.25) is 5.02 Å². The lowest BCUT2D eigenvalue weighted by atomic mass is 10.0. The first-order chi connectivity index (χ1) is 20.1. The SMILES string of the molecule is Cc1ccccc1CCc1nc(N2CCC[C@@H]2c2ccc(Cl)cc2)ncc1C(=O)NS(=O)(=O)c1cccc([N+](=O)[O-])c1. The Kier molecular flexibility index (Phi) is 8.51. The number of non-ortho nitro benzene ring substituents is 1. The molecule has 1 N–H and O–H groups in total. The zero-order valence-electron chi connectivity index (χ0n) is 22.7. The molecule has 1 aliphatic rings. The molecule has 0 unspecified atom stereocenters. The van der Waals surface area contributed by atoms with Gasteiger partial charge in [-0.2, -0.15) is 0 Å². The van der Waals surface area contributed by atoms with Crippen LogP contribution in [0.15, 0.2) is 83.9 Å². The number of nitrogens with zero attached hydrogens (tertiary/aromatic N) is 4. The number of aryl methyl sites for hydroxylation is 3. The van der Waals surface area contributed by atoms with Gasteiger partial charge in [-0.25, -0.2) is 23.1 Å². The van der Waals surface area contributed by atoms with Gasteiger partial charge in [-0.3, -0.25) is 14.9 Å². The molecule has 4 aromatic rings.